The molecule has 3 heteroatoms. The quantitative estimate of drug-likeness (QED) is 0.203. The van der Waals surface area contributed by atoms with E-state index >= 15 is 0 Å². The Morgan fingerprint density at radius 3 is 1.49 bits per heavy atom. The van der Waals surface area contributed by atoms with E-state index in [2.05, 4.69) is 98.5 Å². The lowest BCUT2D eigenvalue weighted by atomic mass is 9.67. The molecule has 0 aliphatic carbocycles. The maximum atomic E-state index is 10.0. The first-order valence-electron chi connectivity index (χ1n) is 13.6. The van der Waals surface area contributed by atoms with Gasteiger partial charge >= 0.3 is 0 Å². The van der Waals surface area contributed by atoms with Gasteiger partial charge < -0.3 is 15.1 Å². The average molecular weight is 514 g/mol. The molecule has 0 heterocycles. The second-order valence-electron chi connectivity index (χ2n) is 10.1. The summed E-state index contributed by atoms with van der Waals surface area (Å²) in [6.45, 7) is 6.47. The van der Waals surface area contributed by atoms with Gasteiger partial charge in [-0.15, -0.1) is 0 Å². The molecule has 0 saturated heterocycles. The molecule has 0 bridgehead atoms. The molecule has 3 nitrogen and oxygen atoms in total. The Bertz CT molecular complexity index is 1470. The van der Waals surface area contributed by atoms with Gasteiger partial charge in [-0.1, -0.05) is 80.1 Å². The van der Waals surface area contributed by atoms with Crippen molar-refractivity contribution in [1.82, 2.24) is 0 Å². The third kappa shape index (κ3) is 5.13. The number of phenols is 2. The fourth-order valence-electron chi connectivity index (χ4n) is 5.56. The summed E-state index contributed by atoms with van der Waals surface area (Å²) in [6.07, 6.45) is 1.79. The Morgan fingerprint density at radius 1 is 0.564 bits per heavy atom. The molecule has 0 fully saturated rings. The van der Waals surface area contributed by atoms with E-state index < -0.39 is 5.41 Å². The number of hydrogen-bond acceptors (Lipinski definition) is 3. The summed E-state index contributed by atoms with van der Waals surface area (Å²) >= 11 is 0. The standard InChI is InChI=1S/C36H35NO2/c1-4-27-7-6-8-33(25-27)37(31-17-9-26(3)10-18-31)32-19-11-28(12-20-32)36(5-2,29-13-21-34(38)22-14-29)30-15-23-35(39)24-16-30/h6-25,38-39H,4-5H2,1-3H3. The summed E-state index contributed by atoms with van der Waals surface area (Å²) < 4.78 is 0. The number of aromatic hydroxyl groups is 2. The monoisotopic (exact) mass is 513 g/mol. The zero-order valence-electron chi connectivity index (χ0n) is 22.8. The molecule has 5 aromatic carbocycles. The molecule has 196 valence electrons. The van der Waals surface area contributed by atoms with Crippen LogP contribution in [0.25, 0.3) is 0 Å². The molecular weight excluding hydrogens is 478 g/mol. The van der Waals surface area contributed by atoms with E-state index in [0.29, 0.717) is 0 Å². The number of phenolic OH excluding ortho intramolecular Hbond substituents is 2. The third-order valence-corrected chi connectivity index (χ3v) is 7.74. The SMILES string of the molecule is CCc1cccc(N(c2ccc(C)cc2)c2ccc(C(CC)(c3ccc(O)cc3)c3ccc(O)cc3)cc2)c1. The molecule has 0 aliphatic heterocycles. The Labute approximate surface area is 231 Å². The summed E-state index contributed by atoms with van der Waals surface area (Å²) in [5, 5.41) is 20.0. The van der Waals surface area contributed by atoms with Gasteiger partial charge in [0.25, 0.3) is 0 Å². The zero-order chi connectivity index (χ0) is 27.4. The molecule has 0 amide bonds. The van der Waals surface area contributed by atoms with E-state index in [1.165, 1.54) is 11.1 Å². The van der Waals surface area contributed by atoms with E-state index in [9.17, 15) is 10.2 Å². The van der Waals surface area contributed by atoms with Crippen LogP contribution in [-0.2, 0) is 11.8 Å². The molecule has 0 aliphatic rings. The van der Waals surface area contributed by atoms with Crippen LogP contribution in [0, 0.1) is 6.92 Å². The molecule has 5 aromatic rings. The molecule has 0 aromatic heterocycles. The van der Waals surface area contributed by atoms with Gasteiger partial charge in [-0.3, -0.25) is 0 Å². The lowest BCUT2D eigenvalue weighted by molar-refractivity contribution is 0.473. The topological polar surface area (TPSA) is 43.7 Å². The van der Waals surface area contributed by atoms with E-state index in [1.54, 1.807) is 24.3 Å². The minimum Gasteiger partial charge on any atom is -0.508 e. The van der Waals surface area contributed by atoms with E-state index in [1.807, 2.05) is 24.3 Å². The number of benzene rings is 5. The number of hydrogen-bond donors (Lipinski definition) is 2. The first-order valence-corrected chi connectivity index (χ1v) is 13.6. The first kappa shape index (κ1) is 26.1. The smallest absolute Gasteiger partial charge is 0.115 e. The average Bonchev–Trinajstić information content (AvgIpc) is 2.97. The Kier molecular flexibility index (Phi) is 7.42. The number of nitrogens with zero attached hydrogens (tertiary/aromatic N) is 1. The predicted octanol–water partition coefficient (Wildman–Crippen LogP) is 9.18. The lowest BCUT2D eigenvalue weighted by Crippen LogP contribution is -2.28. The maximum Gasteiger partial charge on any atom is 0.115 e. The lowest BCUT2D eigenvalue weighted by Gasteiger charge is -2.36. The van der Waals surface area contributed by atoms with Gasteiger partial charge in [0, 0.05) is 22.5 Å². The Balaban J connectivity index is 1.65. The highest BCUT2D eigenvalue weighted by Crippen LogP contribution is 2.44. The van der Waals surface area contributed by atoms with Crippen molar-refractivity contribution < 1.29 is 10.2 Å². The maximum absolute atomic E-state index is 10.0. The molecule has 0 spiro atoms. The molecular formula is C36H35NO2. The minimum atomic E-state index is -0.448. The summed E-state index contributed by atoms with van der Waals surface area (Å²) in [4.78, 5) is 2.30. The van der Waals surface area contributed by atoms with Crippen molar-refractivity contribution in [2.45, 2.75) is 39.0 Å². The molecule has 2 N–H and O–H groups in total. The highest BCUT2D eigenvalue weighted by Gasteiger charge is 2.35. The van der Waals surface area contributed by atoms with E-state index in [0.717, 1.165) is 46.6 Å². The van der Waals surface area contributed by atoms with Gasteiger partial charge in [0.05, 0.1) is 0 Å². The zero-order valence-corrected chi connectivity index (χ0v) is 22.8. The van der Waals surface area contributed by atoms with Gasteiger partial charge in [-0.05, 0) is 103 Å². The van der Waals surface area contributed by atoms with Crippen LogP contribution in [0.3, 0.4) is 0 Å². The number of aryl methyl sites for hydroxylation is 2. The van der Waals surface area contributed by atoms with Gasteiger partial charge in [0.1, 0.15) is 11.5 Å². The van der Waals surface area contributed by atoms with E-state index in [4.69, 9.17) is 0 Å². The van der Waals surface area contributed by atoms with Crippen molar-refractivity contribution in [3.63, 3.8) is 0 Å². The molecule has 0 radical (unpaired) electrons. The first-order chi connectivity index (χ1) is 18.9. The van der Waals surface area contributed by atoms with Crippen molar-refractivity contribution in [3.8, 4) is 11.5 Å². The molecule has 39 heavy (non-hydrogen) atoms. The van der Waals surface area contributed by atoms with Crippen LogP contribution >= 0.6 is 0 Å². The van der Waals surface area contributed by atoms with Crippen LogP contribution in [0.2, 0.25) is 0 Å². The minimum absolute atomic E-state index is 0.243. The van der Waals surface area contributed by atoms with Crippen molar-refractivity contribution in [3.05, 3.63) is 149 Å². The predicted molar refractivity (Wildman–Crippen MR) is 162 cm³/mol. The van der Waals surface area contributed by atoms with Gasteiger partial charge in [0.2, 0.25) is 0 Å². The molecule has 0 atom stereocenters. The van der Waals surface area contributed by atoms with Crippen LogP contribution in [-0.4, -0.2) is 10.2 Å². The van der Waals surface area contributed by atoms with Crippen LogP contribution in [0.4, 0.5) is 17.1 Å². The third-order valence-electron chi connectivity index (χ3n) is 7.74. The fourth-order valence-corrected chi connectivity index (χ4v) is 5.56. The highest BCUT2D eigenvalue weighted by atomic mass is 16.3. The van der Waals surface area contributed by atoms with Gasteiger partial charge in [-0.25, -0.2) is 0 Å². The fraction of sp³-hybridized carbons (Fsp3) is 0.167. The molecule has 0 saturated carbocycles. The van der Waals surface area contributed by atoms with Crippen molar-refractivity contribution in [1.29, 1.82) is 0 Å². The molecule has 5 rings (SSSR count). The second kappa shape index (κ2) is 11.1. The van der Waals surface area contributed by atoms with Crippen molar-refractivity contribution in [2.75, 3.05) is 4.90 Å². The van der Waals surface area contributed by atoms with Crippen LogP contribution in [0.5, 0.6) is 11.5 Å². The van der Waals surface area contributed by atoms with Crippen molar-refractivity contribution in [2.24, 2.45) is 0 Å². The summed E-state index contributed by atoms with van der Waals surface area (Å²) in [5.41, 5.74) is 8.73. The largest absolute Gasteiger partial charge is 0.508 e. The van der Waals surface area contributed by atoms with Crippen LogP contribution in [0.1, 0.15) is 48.1 Å². The van der Waals surface area contributed by atoms with Crippen molar-refractivity contribution >= 4 is 17.1 Å². The van der Waals surface area contributed by atoms with E-state index in [-0.39, 0.29) is 11.5 Å². The summed E-state index contributed by atoms with van der Waals surface area (Å²) in [5.74, 6) is 0.487. The number of anilines is 3. The Morgan fingerprint density at radius 2 is 1.03 bits per heavy atom. The summed E-state index contributed by atoms with van der Waals surface area (Å²) in [7, 11) is 0. The van der Waals surface area contributed by atoms with Crippen LogP contribution in [0.15, 0.2) is 121 Å². The Hall–Kier alpha value is -4.50. The normalized spacial score (nSPS) is 11.4. The van der Waals surface area contributed by atoms with Gasteiger partial charge in [0.15, 0.2) is 0 Å². The summed E-state index contributed by atoms with van der Waals surface area (Å²) in [6, 6.07) is 41.1. The highest BCUT2D eigenvalue weighted by molar-refractivity contribution is 5.77. The van der Waals surface area contributed by atoms with Crippen LogP contribution < -0.4 is 4.90 Å². The second-order valence-corrected chi connectivity index (χ2v) is 10.1. The van der Waals surface area contributed by atoms with Gasteiger partial charge in [-0.2, -0.15) is 0 Å². The molecule has 0 unspecified atom stereocenters. The number of rotatable bonds is 8.